The Morgan fingerprint density at radius 2 is 1.88 bits per heavy atom. The van der Waals surface area contributed by atoms with Gasteiger partial charge in [-0.05, 0) is 31.0 Å². The molecule has 0 amide bonds. The van der Waals surface area contributed by atoms with Gasteiger partial charge in [0.2, 0.25) is 10.0 Å². The van der Waals surface area contributed by atoms with E-state index >= 15 is 0 Å². The van der Waals surface area contributed by atoms with Crippen LogP contribution in [-0.4, -0.2) is 48.8 Å². The third-order valence-corrected chi connectivity index (χ3v) is 7.10. The van der Waals surface area contributed by atoms with E-state index in [0.717, 1.165) is 22.5 Å². The van der Waals surface area contributed by atoms with E-state index in [-0.39, 0.29) is 12.4 Å². The Morgan fingerprint density at radius 3 is 2.48 bits per heavy atom. The molecule has 0 radical (unpaired) electrons. The Kier molecular flexibility index (Phi) is 6.45. The van der Waals surface area contributed by atoms with Gasteiger partial charge in [-0.25, -0.2) is 13.4 Å². The van der Waals surface area contributed by atoms with Gasteiger partial charge in [0.1, 0.15) is 0 Å². The van der Waals surface area contributed by atoms with E-state index in [1.165, 1.54) is 11.3 Å². The molecule has 0 bridgehead atoms. The number of nitrogen functional groups attached to an aromatic ring is 1. The summed E-state index contributed by atoms with van der Waals surface area (Å²) in [5, 5.41) is 0.570. The lowest BCUT2D eigenvalue weighted by atomic mass is 10.2. The van der Waals surface area contributed by atoms with Gasteiger partial charge < -0.3 is 5.73 Å². The quantitative estimate of drug-likeness (QED) is 0.848. The molecule has 1 aromatic carbocycles. The van der Waals surface area contributed by atoms with Gasteiger partial charge in [-0.15, -0.1) is 23.7 Å². The lowest BCUT2D eigenvalue weighted by Gasteiger charge is -2.34. The number of nitrogens with zero attached hydrogens (tertiary/aromatic N) is 3. The molecular formula is C16H23ClN4O2S2. The molecule has 0 atom stereocenters. The average Bonchev–Trinajstić information content (AvgIpc) is 2.95. The first-order valence-electron chi connectivity index (χ1n) is 7.86. The van der Waals surface area contributed by atoms with Crippen LogP contribution in [0.5, 0.6) is 0 Å². The van der Waals surface area contributed by atoms with Crippen molar-refractivity contribution in [3.63, 3.8) is 0 Å². The van der Waals surface area contributed by atoms with E-state index in [0.29, 0.717) is 36.2 Å². The molecule has 1 aromatic heterocycles. The number of anilines is 1. The summed E-state index contributed by atoms with van der Waals surface area (Å²) in [4.78, 5) is 7.83. The molecule has 2 heterocycles. The first-order valence-corrected chi connectivity index (χ1v) is 10.1. The number of aromatic nitrogens is 1. The van der Waals surface area contributed by atoms with Crippen LogP contribution < -0.4 is 5.73 Å². The van der Waals surface area contributed by atoms with E-state index in [9.17, 15) is 8.42 Å². The first kappa shape index (κ1) is 20.1. The van der Waals surface area contributed by atoms with Gasteiger partial charge in [0.15, 0.2) is 5.13 Å². The minimum Gasteiger partial charge on any atom is -0.375 e. The van der Waals surface area contributed by atoms with Gasteiger partial charge in [0.05, 0.1) is 4.90 Å². The molecule has 1 fully saturated rings. The highest BCUT2D eigenvalue weighted by Crippen LogP contribution is 2.23. The topological polar surface area (TPSA) is 79.5 Å². The summed E-state index contributed by atoms with van der Waals surface area (Å²) in [6, 6.07) is 5.57. The lowest BCUT2D eigenvalue weighted by molar-refractivity contribution is 0.183. The SMILES string of the molecule is Cc1ccc(C)c(S(=O)(=O)N2CCN(Cc3cnc(N)s3)CC2)c1.Cl. The molecule has 0 saturated carbocycles. The Morgan fingerprint density at radius 1 is 1.20 bits per heavy atom. The van der Waals surface area contributed by atoms with Crippen molar-refractivity contribution in [1.82, 2.24) is 14.2 Å². The number of aryl methyl sites for hydroxylation is 2. The maximum atomic E-state index is 12.9. The third-order valence-electron chi connectivity index (χ3n) is 4.24. The van der Waals surface area contributed by atoms with Crippen LogP contribution in [-0.2, 0) is 16.6 Å². The third kappa shape index (κ3) is 4.51. The van der Waals surface area contributed by atoms with Crippen LogP contribution in [0.4, 0.5) is 5.13 Å². The summed E-state index contributed by atoms with van der Waals surface area (Å²) in [5.74, 6) is 0. The van der Waals surface area contributed by atoms with Crippen molar-refractivity contribution in [3.8, 4) is 0 Å². The Labute approximate surface area is 159 Å². The molecule has 9 heteroatoms. The Bertz CT molecular complexity index is 830. The van der Waals surface area contributed by atoms with Crippen molar-refractivity contribution in [2.24, 2.45) is 0 Å². The number of halogens is 1. The van der Waals surface area contributed by atoms with Crippen LogP contribution in [0.15, 0.2) is 29.3 Å². The molecule has 1 saturated heterocycles. The Balaban J connectivity index is 0.00000225. The van der Waals surface area contributed by atoms with E-state index < -0.39 is 10.0 Å². The zero-order valence-corrected chi connectivity index (χ0v) is 16.8. The fourth-order valence-corrected chi connectivity index (χ4v) is 5.33. The second-order valence-corrected chi connectivity index (χ2v) is 9.17. The zero-order valence-electron chi connectivity index (χ0n) is 14.3. The molecule has 2 aromatic rings. The van der Waals surface area contributed by atoms with E-state index in [4.69, 9.17) is 5.73 Å². The molecule has 0 unspecified atom stereocenters. The first-order chi connectivity index (χ1) is 11.4. The average molecular weight is 403 g/mol. The molecule has 6 nitrogen and oxygen atoms in total. The highest BCUT2D eigenvalue weighted by Gasteiger charge is 2.29. The van der Waals surface area contributed by atoms with Gasteiger partial charge in [0, 0.05) is 43.8 Å². The predicted molar refractivity (Wildman–Crippen MR) is 104 cm³/mol. The van der Waals surface area contributed by atoms with Crippen LogP contribution >= 0.6 is 23.7 Å². The number of rotatable bonds is 4. The fraction of sp³-hybridized carbons (Fsp3) is 0.438. The standard InChI is InChI=1S/C16H22N4O2S2.ClH/c1-12-3-4-13(2)15(9-12)24(21,22)20-7-5-19(6-8-20)11-14-10-18-16(17)23-14;/h3-4,9-10H,5-8,11H2,1-2H3,(H2,17,18);1H. The van der Waals surface area contributed by atoms with Crippen LogP contribution in [0.1, 0.15) is 16.0 Å². The molecular weight excluding hydrogens is 380 g/mol. The van der Waals surface area contributed by atoms with Crippen molar-refractivity contribution < 1.29 is 8.42 Å². The van der Waals surface area contributed by atoms with Crippen LogP contribution in [0.25, 0.3) is 0 Å². The minimum absolute atomic E-state index is 0. The monoisotopic (exact) mass is 402 g/mol. The van der Waals surface area contributed by atoms with Gasteiger partial charge in [-0.3, -0.25) is 4.90 Å². The predicted octanol–water partition coefficient (Wildman–Crippen LogP) is 2.27. The second kappa shape index (κ2) is 8.01. The molecule has 2 N–H and O–H groups in total. The second-order valence-electron chi connectivity index (χ2n) is 6.11. The van der Waals surface area contributed by atoms with E-state index in [2.05, 4.69) is 9.88 Å². The summed E-state index contributed by atoms with van der Waals surface area (Å²) in [6.07, 6.45) is 1.79. The van der Waals surface area contributed by atoms with Crippen LogP contribution in [0, 0.1) is 13.8 Å². The molecule has 0 spiro atoms. The maximum absolute atomic E-state index is 12.9. The summed E-state index contributed by atoms with van der Waals surface area (Å²) in [5.41, 5.74) is 7.41. The number of piperazine rings is 1. The van der Waals surface area contributed by atoms with Crippen LogP contribution in [0.3, 0.4) is 0 Å². The normalized spacial score (nSPS) is 16.6. The maximum Gasteiger partial charge on any atom is 0.243 e. The van der Waals surface area contributed by atoms with Crippen molar-refractivity contribution in [2.45, 2.75) is 25.3 Å². The number of nitrogens with two attached hydrogens (primary N) is 1. The minimum atomic E-state index is -3.43. The number of hydrogen-bond acceptors (Lipinski definition) is 6. The van der Waals surface area contributed by atoms with Crippen molar-refractivity contribution in [3.05, 3.63) is 40.4 Å². The van der Waals surface area contributed by atoms with Gasteiger partial charge >= 0.3 is 0 Å². The van der Waals surface area contributed by atoms with Crippen LogP contribution in [0.2, 0.25) is 0 Å². The van der Waals surface area contributed by atoms with Crippen molar-refractivity contribution >= 4 is 38.9 Å². The van der Waals surface area contributed by atoms with Gasteiger partial charge in [0.25, 0.3) is 0 Å². The van der Waals surface area contributed by atoms with Gasteiger partial charge in [-0.1, -0.05) is 12.1 Å². The molecule has 1 aliphatic rings. The van der Waals surface area contributed by atoms with Crippen molar-refractivity contribution in [1.29, 1.82) is 0 Å². The molecule has 1 aliphatic heterocycles. The number of sulfonamides is 1. The molecule has 138 valence electrons. The zero-order chi connectivity index (χ0) is 17.3. The molecule has 3 rings (SSSR count). The molecule has 0 aliphatic carbocycles. The smallest absolute Gasteiger partial charge is 0.243 e. The summed E-state index contributed by atoms with van der Waals surface area (Å²) in [6.45, 7) is 6.96. The Hall–Kier alpha value is -1.19. The van der Waals surface area contributed by atoms with Gasteiger partial charge in [-0.2, -0.15) is 4.31 Å². The summed E-state index contributed by atoms with van der Waals surface area (Å²) >= 11 is 1.48. The fourth-order valence-electron chi connectivity index (χ4n) is 2.87. The highest BCUT2D eigenvalue weighted by atomic mass is 35.5. The van der Waals surface area contributed by atoms with E-state index in [1.54, 1.807) is 16.6 Å². The summed E-state index contributed by atoms with van der Waals surface area (Å²) in [7, 11) is -3.43. The number of thiazole rings is 1. The summed E-state index contributed by atoms with van der Waals surface area (Å²) < 4.78 is 27.4. The largest absolute Gasteiger partial charge is 0.375 e. The number of hydrogen-bond donors (Lipinski definition) is 1. The van der Waals surface area contributed by atoms with Crippen molar-refractivity contribution in [2.75, 3.05) is 31.9 Å². The van der Waals surface area contributed by atoms with E-state index in [1.807, 2.05) is 26.0 Å². The number of benzene rings is 1. The lowest BCUT2D eigenvalue weighted by Crippen LogP contribution is -2.48. The molecule has 25 heavy (non-hydrogen) atoms. The highest BCUT2D eigenvalue weighted by molar-refractivity contribution is 7.89.